The van der Waals surface area contributed by atoms with Gasteiger partial charge in [0.25, 0.3) is 0 Å². The molecule has 2 aromatic carbocycles. The molecule has 0 atom stereocenters. The van der Waals surface area contributed by atoms with Crippen molar-refractivity contribution in [1.29, 1.82) is 0 Å². The van der Waals surface area contributed by atoms with Gasteiger partial charge in [-0.2, -0.15) is 0 Å². The summed E-state index contributed by atoms with van der Waals surface area (Å²) in [6, 6.07) is 15.2. The highest BCUT2D eigenvalue weighted by atomic mass is 16.5. The number of ether oxygens (including phenoxy) is 1. The minimum Gasteiger partial charge on any atom is -0.493 e. The standard InChI is InChI=1S/C21H27N3O/c1-3-22-21(23-4-2)24-15-16-7-9-17(10-8-16)18-11-12-20-19(14-18)6-5-13-25-20/h7-12,14H,3-6,13,15H2,1-2H3,(H2,22,23,24). The molecule has 3 rings (SSSR count). The van der Waals surface area contributed by atoms with E-state index >= 15 is 0 Å². The van der Waals surface area contributed by atoms with Gasteiger partial charge in [-0.3, -0.25) is 0 Å². The van der Waals surface area contributed by atoms with Crippen molar-refractivity contribution < 1.29 is 4.74 Å². The molecule has 4 nitrogen and oxygen atoms in total. The molecule has 4 heteroatoms. The lowest BCUT2D eigenvalue weighted by Crippen LogP contribution is -2.36. The zero-order valence-electron chi connectivity index (χ0n) is 15.1. The third kappa shape index (κ3) is 4.53. The van der Waals surface area contributed by atoms with Gasteiger partial charge in [-0.1, -0.05) is 30.3 Å². The second kappa shape index (κ2) is 8.56. The summed E-state index contributed by atoms with van der Waals surface area (Å²) < 4.78 is 5.70. The van der Waals surface area contributed by atoms with Crippen LogP contribution in [0.4, 0.5) is 0 Å². The molecule has 2 N–H and O–H groups in total. The molecule has 0 amide bonds. The first kappa shape index (κ1) is 17.3. The topological polar surface area (TPSA) is 45.7 Å². The van der Waals surface area contributed by atoms with Crippen LogP contribution in [0.25, 0.3) is 11.1 Å². The molecule has 1 aliphatic rings. The van der Waals surface area contributed by atoms with Gasteiger partial charge in [0, 0.05) is 13.1 Å². The predicted octanol–water partition coefficient (Wildman–Crippen LogP) is 3.75. The van der Waals surface area contributed by atoms with Gasteiger partial charge in [0.05, 0.1) is 13.2 Å². The van der Waals surface area contributed by atoms with Crippen LogP contribution in [-0.2, 0) is 13.0 Å². The van der Waals surface area contributed by atoms with Crippen molar-refractivity contribution in [2.24, 2.45) is 4.99 Å². The van der Waals surface area contributed by atoms with Crippen molar-refractivity contribution >= 4 is 5.96 Å². The SMILES string of the molecule is CCNC(=NCc1ccc(-c2ccc3c(c2)CCCO3)cc1)NCC. The van der Waals surface area contributed by atoms with Crippen LogP contribution in [0.15, 0.2) is 47.5 Å². The summed E-state index contributed by atoms with van der Waals surface area (Å²) in [7, 11) is 0. The van der Waals surface area contributed by atoms with E-state index in [-0.39, 0.29) is 0 Å². The lowest BCUT2D eigenvalue weighted by atomic mass is 9.98. The van der Waals surface area contributed by atoms with Gasteiger partial charge in [-0.15, -0.1) is 0 Å². The van der Waals surface area contributed by atoms with E-state index in [2.05, 4.69) is 71.9 Å². The Morgan fingerprint density at radius 2 is 1.72 bits per heavy atom. The lowest BCUT2D eigenvalue weighted by molar-refractivity contribution is 0.288. The van der Waals surface area contributed by atoms with Gasteiger partial charge in [0.1, 0.15) is 5.75 Å². The molecule has 2 aromatic rings. The zero-order valence-corrected chi connectivity index (χ0v) is 15.1. The average molecular weight is 337 g/mol. The highest BCUT2D eigenvalue weighted by molar-refractivity contribution is 5.79. The second-order valence-corrected chi connectivity index (χ2v) is 6.20. The Hall–Kier alpha value is -2.49. The smallest absolute Gasteiger partial charge is 0.191 e. The lowest BCUT2D eigenvalue weighted by Gasteiger charge is -2.18. The van der Waals surface area contributed by atoms with Gasteiger partial charge in [-0.25, -0.2) is 4.99 Å². The number of nitrogens with one attached hydrogen (secondary N) is 2. The second-order valence-electron chi connectivity index (χ2n) is 6.20. The van der Waals surface area contributed by atoms with Crippen molar-refractivity contribution in [2.45, 2.75) is 33.2 Å². The number of hydrogen-bond acceptors (Lipinski definition) is 2. The van der Waals surface area contributed by atoms with Gasteiger partial charge in [0.15, 0.2) is 5.96 Å². The molecule has 0 spiro atoms. The maximum Gasteiger partial charge on any atom is 0.191 e. The summed E-state index contributed by atoms with van der Waals surface area (Å²) in [4.78, 5) is 4.61. The van der Waals surface area contributed by atoms with E-state index in [1.807, 2.05) is 0 Å². The molecule has 0 saturated heterocycles. The fraction of sp³-hybridized carbons (Fsp3) is 0.381. The predicted molar refractivity (Wildman–Crippen MR) is 104 cm³/mol. The van der Waals surface area contributed by atoms with Crippen molar-refractivity contribution in [1.82, 2.24) is 10.6 Å². The summed E-state index contributed by atoms with van der Waals surface area (Å²) in [6.07, 6.45) is 2.21. The van der Waals surface area contributed by atoms with Crippen LogP contribution in [0, 0.1) is 0 Å². The first-order valence-electron chi connectivity index (χ1n) is 9.17. The van der Waals surface area contributed by atoms with E-state index in [9.17, 15) is 0 Å². The molecule has 0 aromatic heterocycles. The quantitative estimate of drug-likeness (QED) is 0.645. The summed E-state index contributed by atoms with van der Waals surface area (Å²) in [5.41, 5.74) is 5.01. The molecule has 0 aliphatic carbocycles. The Morgan fingerprint density at radius 3 is 2.44 bits per heavy atom. The minimum absolute atomic E-state index is 0.674. The Balaban J connectivity index is 1.70. The summed E-state index contributed by atoms with van der Waals surface area (Å²) in [5, 5.41) is 6.49. The number of aliphatic imine (C=N–C) groups is 1. The molecule has 0 radical (unpaired) electrons. The molecule has 1 aliphatic heterocycles. The molecule has 132 valence electrons. The molecular formula is C21H27N3O. The van der Waals surface area contributed by atoms with Gasteiger partial charge in [-0.05, 0) is 61.1 Å². The molecule has 0 unspecified atom stereocenters. The van der Waals surface area contributed by atoms with Crippen LogP contribution in [0.2, 0.25) is 0 Å². The van der Waals surface area contributed by atoms with Gasteiger partial charge >= 0.3 is 0 Å². The summed E-state index contributed by atoms with van der Waals surface area (Å²) >= 11 is 0. The van der Waals surface area contributed by atoms with E-state index in [1.54, 1.807) is 0 Å². The highest BCUT2D eigenvalue weighted by Crippen LogP contribution is 2.30. The maximum absolute atomic E-state index is 5.70. The number of nitrogens with zero attached hydrogens (tertiary/aromatic N) is 1. The van der Waals surface area contributed by atoms with Crippen molar-refractivity contribution in [3.8, 4) is 16.9 Å². The number of fused-ring (bicyclic) bond motifs is 1. The van der Waals surface area contributed by atoms with Crippen LogP contribution in [-0.4, -0.2) is 25.7 Å². The number of rotatable bonds is 5. The van der Waals surface area contributed by atoms with Crippen LogP contribution in [0.5, 0.6) is 5.75 Å². The van der Waals surface area contributed by atoms with Crippen LogP contribution >= 0.6 is 0 Å². The normalized spacial score (nSPS) is 12.7. The minimum atomic E-state index is 0.674. The molecule has 0 saturated carbocycles. The fourth-order valence-corrected chi connectivity index (χ4v) is 3.02. The Kier molecular flexibility index (Phi) is 5.94. The van der Waals surface area contributed by atoms with Gasteiger partial charge < -0.3 is 15.4 Å². The molecule has 25 heavy (non-hydrogen) atoms. The number of aryl methyl sites for hydroxylation is 1. The Bertz CT molecular complexity index is 714. The highest BCUT2D eigenvalue weighted by Gasteiger charge is 2.11. The van der Waals surface area contributed by atoms with E-state index in [0.29, 0.717) is 6.54 Å². The average Bonchev–Trinajstić information content (AvgIpc) is 2.66. The molecule has 0 bridgehead atoms. The largest absolute Gasteiger partial charge is 0.493 e. The van der Waals surface area contributed by atoms with E-state index in [0.717, 1.165) is 44.2 Å². The zero-order chi connectivity index (χ0) is 17.5. The van der Waals surface area contributed by atoms with Gasteiger partial charge in [0.2, 0.25) is 0 Å². The van der Waals surface area contributed by atoms with Crippen molar-refractivity contribution in [3.05, 3.63) is 53.6 Å². The van der Waals surface area contributed by atoms with E-state index < -0.39 is 0 Å². The van der Waals surface area contributed by atoms with E-state index in [4.69, 9.17) is 4.74 Å². The monoisotopic (exact) mass is 337 g/mol. The Labute approximate surface area is 150 Å². The Morgan fingerprint density at radius 1 is 1.00 bits per heavy atom. The fourth-order valence-electron chi connectivity index (χ4n) is 3.02. The number of hydrogen-bond donors (Lipinski definition) is 2. The third-order valence-corrected chi connectivity index (χ3v) is 4.30. The summed E-state index contributed by atoms with van der Waals surface area (Å²) in [6.45, 7) is 7.40. The molecule has 0 fully saturated rings. The summed E-state index contributed by atoms with van der Waals surface area (Å²) in [5.74, 6) is 1.91. The third-order valence-electron chi connectivity index (χ3n) is 4.30. The number of benzene rings is 2. The maximum atomic E-state index is 5.70. The van der Waals surface area contributed by atoms with Crippen LogP contribution < -0.4 is 15.4 Å². The van der Waals surface area contributed by atoms with E-state index in [1.165, 1.54) is 22.3 Å². The molecule has 1 heterocycles. The number of guanidine groups is 1. The first-order chi connectivity index (χ1) is 12.3. The first-order valence-corrected chi connectivity index (χ1v) is 9.17. The molecular weight excluding hydrogens is 310 g/mol. The van der Waals surface area contributed by atoms with Crippen molar-refractivity contribution in [3.63, 3.8) is 0 Å². The van der Waals surface area contributed by atoms with Crippen molar-refractivity contribution in [2.75, 3.05) is 19.7 Å². The van der Waals surface area contributed by atoms with Crippen LogP contribution in [0.3, 0.4) is 0 Å². The van der Waals surface area contributed by atoms with Crippen LogP contribution in [0.1, 0.15) is 31.4 Å².